The zero-order valence-electron chi connectivity index (χ0n) is 7.86. The Morgan fingerprint density at radius 3 is 2.57 bits per heavy atom. The predicted molar refractivity (Wildman–Crippen MR) is 58.8 cm³/mol. The molecular weight excluding hydrogens is 194 g/mol. The van der Waals surface area contributed by atoms with E-state index in [1.54, 1.807) is 12.1 Å². The van der Waals surface area contributed by atoms with Crippen LogP contribution in [0.4, 0.5) is 0 Å². The molecule has 1 saturated carbocycles. The van der Waals surface area contributed by atoms with Gasteiger partial charge in [-0.25, -0.2) is 0 Å². The number of amides is 1. The summed E-state index contributed by atoms with van der Waals surface area (Å²) in [6.07, 6.45) is 2.52. The van der Waals surface area contributed by atoms with Crippen LogP contribution in [0.15, 0.2) is 29.2 Å². The quantitative estimate of drug-likeness (QED) is 0.730. The molecule has 1 aliphatic rings. The van der Waals surface area contributed by atoms with Gasteiger partial charge in [-0.2, -0.15) is 0 Å². The molecule has 0 aromatic heterocycles. The minimum atomic E-state index is 0.0187. The standard InChI is InChI=1S/C11H13NOS/c13-11(12-7-8-1-2-8)9-3-5-10(14)6-4-9/h3-6,8,14H,1-2,7H2,(H,12,13). The average Bonchev–Trinajstić information content (AvgIpc) is 2.99. The minimum Gasteiger partial charge on any atom is -0.352 e. The summed E-state index contributed by atoms with van der Waals surface area (Å²) in [5.41, 5.74) is 0.712. The molecule has 1 aromatic carbocycles. The van der Waals surface area contributed by atoms with Gasteiger partial charge in [0.05, 0.1) is 0 Å². The molecule has 0 spiro atoms. The third-order valence-corrected chi connectivity index (χ3v) is 2.68. The van der Waals surface area contributed by atoms with Gasteiger partial charge in [0.1, 0.15) is 0 Å². The zero-order valence-corrected chi connectivity index (χ0v) is 8.76. The largest absolute Gasteiger partial charge is 0.352 e. The Morgan fingerprint density at radius 2 is 2.00 bits per heavy atom. The van der Waals surface area contributed by atoms with E-state index in [1.165, 1.54) is 12.8 Å². The summed E-state index contributed by atoms with van der Waals surface area (Å²) in [4.78, 5) is 12.4. The first kappa shape index (κ1) is 9.59. The third-order valence-electron chi connectivity index (χ3n) is 2.38. The van der Waals surface area contributed by atoms with Crippen molar-refractivity contribution >= 4 is 18.5 Å². The third kappa shape index (κ3) is 2.51. The molecule has 0 aliphatic heterocycles. The van der Waals surface area contributed by atoms with E-state index in [2.05, 4.69) is 17.9 Å². The SMILES string of the molecule is O=C(NCC1CC1)c1ccc(S)cc1. The van der Waals surface area contributed by atoms with Crippen molar-refractivity contribution in [2.45, 2.75) is 17.7 Å². The molecule has 1 N–H and O–H groups in total. The fourth-order valence-electron chi connectivity index (χ4n) is 1.27. The second kappa shape index (κ2) is 4.05. The van der Waals surface area contributed by atoms with E-state index in [4.69, 9.17) is 0 Å². The van der Waals surface area contributed by atoms with Crippen molar-refractivity contribution in [2.24, 2.45) is 5.92 Å². The van der Waals surface area contributed by atoms with Crippen molar-refractivity contribution in [3.05, 3.63) is 29.8 Å². The van der Waals surface area contributed by atoms with E-state index in [9.17, 15) is 4.79 Å². The number of benzene rings is 1. The molecule has 2 rings (SSSR count). The Bertz CT molecular complexity index is 330. The summed E-state index contributed by atoms with van der Waals surface area (Å²) in [6, 6.07) is 7.25. The first-order valence-electron chi connectivity index (χ1n) is 4.83. The summed E-state index contributed by atoms with van der Waals surface area (Å²) >= 11 is 4.16. The van der Waals surface area contributed by atoms with E-state index in [0.717, 1.165) is 17.4 Å². The normalized spacial score (nSPS) is 15.2. The molecule has 3 heteroatoms. The van der Waals surface area contributed by atoms with Gasteiger partial charge in [-0.1, -0.05) is 0 Å². The molecular formula is C11H13NOS. The minimum absolute atomic E-state index is 0.0187. The smallest absolute Gasteiger partial charge is 0.251 e. The summed E-state index contributed by atoms with van der Waals surface area (Å²) in [5.74, 6) is 0.744. The van der Waals surface area contributed by atoms with Crippen LogP contribution in [0.25, 0.3) is 0 Å². The molecule has 0 atom stereocenters. The number of hydrogen-bond acceptors (Lipinski definition) is 2. The molecule has 1 amide bonds. The van der Waals surface area contributed by atoms with Crippen molar-refractivity contribution in [3.8, 4) is 0 Å². The van der Waals surface area contributed by atoms with Crippen LogP contribution in [0.5, 0.6) is 0 Å². The average molecular weight is 207 g/mol. The van der Waals surface area contributed by atoms with E-state index in [1.807, 2.05) is 12.1 Å². The molecule has 0 saturated heterocycles. The zero-order chi connectivity index (χ0) is 9.97. The molecule has 0 radical (unpaired) electrons. The molecule has 1 aromatic rings. The highest BCUT2D eigenvalue weighted by atomic mass is 32.1. The number of rotatable bonds is 3. The topological polar surface area (TPSA) is 29.1 Å². The number of carbonyl (C=O) groups is 1. The van der Waals surface area contributed by atoms with Crippen LogP contribution in [0.2, 0.25) is 0 Å². The molecule has 1 aliphatic carbocycles. The van der Waals surface area contributed by atoms with Gasteiger partial charge in [0.15, 0.2) is 0 Å². The summed E-state index contributed by atoms with van der Waals surface area (Å²) in [5, 5.41) is 2.92. The van der Waals surface area contributed by atoms with Gasteiger partial charge in [-0.05, 0) is 43.0 Å². The van der Waals surface area contributed by atoms with Crippen LogP contribution in [0, 0.1) is 5.92 Å². The first-order valence-corrected chi connectivity index (χ1v) is 5.27. The van der Waals surface area contributed by atoms with Crippen molar-refractivity contribution in [1.82, 2.24) is 5.32 Å². The molecule has 1 fully saturated rings. The van der Waals surface area contributed by atoms with Gasteiger partial charge in [-0.15, -0.1) is 12.6 Å². The van der Waals surface area contributed by atoms with Crippen LogP contribution < -0.4 is 5.32 Å². The number of nitrogens with one attached hydrogen (secondary N) is 1. The summed E-state index contributed by atoms with van der Waals surface area (Å²) < 4.78 is 0. The Labute approximate surface area is 89.1 Å². The van der Waals surface area contributed by atoms with E-state index >= 15 is 0 Å². The summed E-state index contributed by atoms with van der Waals surface area (Å²) in [7, 11) is 0. The first-order chi connectivity index (χ1) is 6.75. The molecule has 74 valence electrons. The Kier molecular flexibility index (Phi) is 2.77. The molecule has 0 heterocycles. The maximum absolute atomic E-state index is 11.6. The van der Waals surface area contributed by atoms with Crippen LogP contribution >= 0.6 is 12.6 Å². The van der Waals surface area contributed by atoms with Crippen molar-refractivity contribution < 1.29 is 4.79 Å². The van der Waals surface area contributed by atoms with Gasteiger partial charge in [0.25, 0.3) is 5.91 Å². The highest BCUT2D eigenvalue weighted by Gasteiger charge is 2.21. The van der Waals surface area contributed by atoms with Crippen LogP contribution in [-0.2, 0) is 0 Å². The Hall–Kier alpha value is -0.960. The van der Waals surface area contributed by atoms with Gasteiger partial charge in [0, 0.05) is 17.0 Å². The Balaban J connectivity index is 1.92. The van der Waals surface area contributed by atoms with Gasteiger partial charge < -0.3 is 5.32 Å². The maximum atomic E-state index is 11.6. The van der Waals surface area contributed by atoms with Crippen LogP contribution in [0.3, 0.4) is 0 Å². The Morgan fingerprint density at radius 1 is 1.36 bits per heavy atom. The molecule has 0 bridgehead atoms. The molecule has 0 unspecified atom stereocenters. The van der Waals surface area contributed by atoms with Gasteiger partial charge in [0.2, 0.25) is 0 Å². The fourth-order valence-corrected chi connectivity index (χ4v) is 1.42. The van der Waals surface area contributed by atoms with E-state index < -0.39 is 0 Å². The number of carbonyl (C=O) groups excluding carboxylic acids is 1. The highest BCUT2D eigenvalue weighted by Crippen LogP contribution is 2.27. The maximum Gasteiger partial charge on any atom is 0.251 e. The van der Waals surface area contributed by atoms with Crippen molar-refractivity contribution in [2.75, 3.05) is 6.54 Å². The monoisotopic (exact) mass is 207 g/mol. The lowest BCUT2D eigenvalue weighted by atomic mass is 10.2. The lowest BCUT2D eigenvalue weighted by Crippen LogP contribution is -2.25. The fraction of sp³-hybridized carbons (Fsp3) is 0.364. The predicted octanol–water partition coefficient (Wildman–Crippen LogP) is 2.12. The molecule has 14 heavy (non-hydrogen) atoms. The van der Waals surface area contributed by atoms with Crippen LogP contribution in [-0.4, -0.2) is 12.5 Å². The highest BCUT2D eigenvalue weighted by molar-refractivity contribution is 7.80. The summed E-state index contributed by atoms with van der Waals surface area (Å²) in [6.45, 7) is 0.821. The van der Waals surface area contributed by atoms with E-state index in [0.29, 0.717) is 5.56 Å². The second-order valence-electron chi connectivity index (χ2n) is 3.70. The van der Waals surface area contributed by atoms with Gasteiger partial charge in [-0.3, -0.25) is 4.79 Å². The molecule has 2 nitrogen and oxygen atoms in total. The lowest BCUT2D eigenvalue weighted by molar-refractivity contribution is 0.0952. The second-order valence-corrected chi connectivity index (χ2v) is 4.22. The van der Waals surface area contributed by atoms with Crippen molar-refractivity contribution in [3.63, 3.8) is 0 Å². The lowest BCUT2D eigenvalue weighted by Gasteiger charge is -2.03. The van der Waals surface area contributed by atoms with Crippen molar-refractivity contribution in [1.29, 1.82) is 0 Å². The number of hydrogen-bond donors (Lipinski definition) is 2. The van der Waals surface area contributed by atoms with E-state index in [-0.39, 0.29) is 5.91 Å². The number of thiol groups is 1. The van der Waals surface area contributed by atoms with Gasteiger partial charge >= 0.3 is 0 Å². The van der Waals surface area contributed by atoms with Crippen LogP contribution in [0.1, 0.15) is 23.2 Å².